The number of benzene rings is 2. The van der Waals surface area contributed by atoms with Crippen LogP contribution in [-0.2, 0) is 19.6 Å². The number of rotatable bonds is 8. The van der Waals surface area contributed by atoms with Crippen molar-refractivity contribution in [3.8, 4) is 11.6 Å². The highest BCUT2D eigenvalue weighted by atomic mass is 35.5. The van der Waals surface area contributed by atoms with E-state index >= 15 is 0 Å². The summed E-state index contributed by atoms with van der Waals surface area (Å²) in [5, 5.41) is 3.32. The van der Waals surface area contributed by atoms with E-state index in [1.807, 2.05) is 36.1 Å². The Bertz CT molecular complexity index is 1430. The number of anilines is 2. The summed E-state index contributed by atoms with van der Waals surface area (Å²) < 4.78 is 11.3. The molecule has 1 aliphatic rings. The quantitative estimate of drug-likeness (QED) is 0.366. The standard InChI is InChI=1S/C27H25ClN6O3/c1-17-12-30-20(13-29-17)14-31-25(35)21-15-32-27(34-10-9-19-5-3-4-6-23(19)34)33-26(21)37-16-18-7-8-24(36-2)22(28)11-18/h3-8,11-13,15H,9-10,14,16H2,1-2H3,(H,31,35). The van der Waals surface area contributed by atoms with Gasteiger partial charge in [0, 0.05) is 24.6 Å². The number of amides is 1. The molecular weight excluding hydrogens is 492 g/mol. The Morgan fingerprint density at radius 3 is 2.76 bits per heavy atom. The van der Waals surface area contributed by atoms with Gasteiger partial charge >= 0.3 is 0 Å². The lowest BCUT2D eigenvalue weighted by molar-refractivity contribution is 0.0944. The minimum atomic E-state index is -0.376. The maximum absolute atomic E-state index is 13.1. The lowest BCUT2D eigenvalue weighted by Gasteiger charge is -2.19. The summed E-state index contributed by atoms with van der Waals surface area (Å²) in [5.41, 5.74) is 4.74. The molecule has 0 atom stereocenters. The minimum Gasteiger partial charge on any atom is -0.495 e. The molecule has 37 heavy (non-hydrogen) atoms. The first-order valence-corrected chi connectivity index (χ1v) is 12.1. The molecule has 0 saturated carbocycles. The van der Waals surface area contributed by atoms with Crippen LogP contribution >= 0.6 is 11.6 Å². The summed E-state index contributed by atoms with van der Waals surface area (Å²) >= 11 is 6.27. The highest BCUT2D eigenvalue weighted by Crippen LogP contribution is 2.33. The average Bonchev–Trinajstić information content (AvgIpc) is 3.35. The predicted octanol–water partition coefficient (Wildman–Crippen LogP) is 4.44. The fourth-order valence-corrected chi connectivity index (χ4v) is 4.31. The summed E-state index contributed by atoms with van der Waals surface area (Å²) in [6, 6.07) is 13.5. The van der Waals surface area contributed by atoms with Crippen LogP contribution in [0.4, 0.5) is 11.6 Å². The number of carbonyl (C=O) groups excluding carboxylic acids is 1. The van der Waals surface area contributed by atoms with E-state index in [0.717, 1.165) is 29.9 Å². The van der Waals surface area contributed by atoms with Gasteiger partial charge in [-0.2, -0.15) is 4.98 Å². The van der Waals surface area contributed by atoms with Crippen LogP contribution in [0, 0.1) is 6.92 Å². The van der Waals surface area contributed by atoms with Gasteiger partial charge in [0.1, 0.15) is 17.9 Å². The van der Waals surface area contributed by atoms with E-state index in [4.69, 9.17) is 21.1 Å². The van der Waals surface area contributed by atoms with Crippen LogP contribution in [0.2, 0.25) is 5.02 Å². The highest BCUT2D eigenvalue weighted by Gasteiger charge is 2.24. The van der Waals surface area contributed by atoms with Gasteiger partial charge in [0.15, 0.2) is 0 Å². The molecule has 5 rings (SSSR count). The van der Waals surface area contributed by atoms with Crippen molar-refractivity contribution in [1.82, 2.24) is 25.3 Å². The van der Waals surface area contributed by atoms with E-state index in [2.05, 4.69) is 31.3 Å². The van der Waals surface area contributed by atoms with E-state index in [1.54, 1.807) is 31.6 Å². The molecule has 2 aromatic carbocycles. The molecule has 0 radical (unpaired) electrons. The number of carbonyl (C=O) groups is 1. The molecule has 2 aromatic heterocycles. The molecule has 4 aromatic rings. The SMILES string of the molecule is COc1ccc(COc2nc(N3CCc4ccccc43)ncc2C(=O)NCc2cnc(C)cn2)cc1Cl. The third-order valence-corrected chi connectivity index (χ3v) is 6.27. The van der Waals surface area contributed by atoms with Crippen molar-refractivity contribution in [1.29, 1.82) is 0 Å². The van der Waals surface area contributed by atoms with Crippen molar-refractivity contribution < 1.29 is 14.3 Å². The number of aryl methyl sites for hydroxylation is 1. The smallest absolute Gasteiger partial charge is 0.258 e. The van der Waals surface area contributed by atoms with Crippen molar-refractivity contribution in [3.63, 3.8) is 0 Å². The second-order valence-electron chi connectivity index (χ2n) is 8.51. The summed E-state index contributed by atoms with van der Waals surface area (Å²) in [5.74, 6) is 0.836. The van der Waals surface area contributed by atoms with Crippen molar-refractivity contribution >= 4 is 29.1 Å². The van der Waals surface area contributed by atoms with Crippen LogP contribution in [0.15, 0.2) is 61.1 Å². The fourth-order valence-electron chi connectivity index (χ4n) is 4.03. The van der Waals surface area contributed by atoms with E-state index in [9.17, 15) is 4.79 Å². The molecular formula is C27H25ClN6O3. The summed E-state index contributed by atoms with van der Waals surface area (Å²) in [7, 11) is 1.56. The molecule has 3 heterocycles. The van der Waals surface area contributed by atoms with Crippen LogP contribution in [0.5, 0.6) is 11.6 Å². The number of aromatic nitrogens is 4. The third-order valence-electron chi connectivity index (χ3n) is 5.97. The number of para-hydroxylation sites is 1. The normalized spacial score (nSPS) is 12.2. The zero-order valence-electron chi connectivity index (χ0n) is 20.4. The molecule has 10 heteroatoms. The minimum absolute atomic E-state index is 0.153. The number of nitrogens with one attached hydrogen (secondary N) is 1. The Morgan fingerprint density at radius 2 is 1.97 bits per heavy atom. The summed E-state index contributed by atoms with van der Waals surface area (Å²) in [6.45, 7) is 2.96. The van der Waals surface area contributed by atoms with Gasteiger partial charge in [-0.25, -0.2) is 4.98 Å². The van der Waals surface area contributed by atoms with Crippen LogP contribution < -0.4 is 19.7 Å². The fraction of sp³-hybridized carbons (Fsp3) is 0.222. The third kappa shape index (κ3) is 5.46. The van der Waals surface area contributed by atoms with Crippen LogP contribution in [0.1, 0.15) is 32.9 Å². The highest BCUT2D eigenvalue weighted by molar-refractivity contribution is 6.32. The number of fused-ring (bicyclic) bond motifs is 1. The van der Waals surface area contributed by atoms with Gasteiger partial charge in [0.05, 0.1) is 36.3 Å². The molecule has 1 aliphatic heterocycles. The van der Waals surface area contributed by atoms with Gasteiger partial charge in [0.2, 0.25) is 11.8 Å². The number of halogens is 1. The van der Waals surface area contributed by atoms with Crippen molar-refractivity contribution in [2.45, 2.75) is 26.5 Å². The molecule has 0 spiro atoms. The Hall–Kier alpha value is -4.24. The number of hydrogen-bond donors (Lipinski definition) is 1. The molecule has 0 fully saturated rings. The van der Waals surface area contributed by atoms with Gasteiger partial charge in [-0.1, -0.05) is 35.9 Å². The second-order valence-corrected chi connectivity index (χ2v) is 8.92. The zero-order chi connectivity index (χ0) is 25.8. The largest absolute Gasteiger partial charge is 0.495 e. The van der Waals surface area contributed by atoms with E-state index in [0.29, 0.717) is 22.4 Å². The molecule has 0 bridgehead atoms. The van der Waals surface area contributed by atoms with Crippen molar-refractivity contribution in [2.75, 3.05) is 18.6 Å². The molecule has 0 unspecified atom stereocenters. The number of hydrogen-bond acceptors (Lipinski definition) is 8. The topological polar surface area (TPSA) is 102 Å². The van der Waals surface area contributed by atoms with Crippen molar-refractivity contribution in [3.05, 3.63) is 94.2 Å². The van der Waals surface area contributed by atoms with E-state index in [-0.39, 0.29) is 30.5 Å². The predicted molar refractivity (Wildman–Crippen MR) is 139 cm³/mol. The molecule has 1 amide bonds. The number of methoxy groups -OCH3 is 1. The van der Waals surface area contributed by atoms with Crippen LogP contribution in [0.25, 0.3) is 0 Å². The Labute approximate surface area is 219 Å². The van der Waals surface area contributed by atoms with Gasteiger partial charge in [-0.05, 0) is 42.7 Å². The lowest BCUT2D eigenvalue weighted by Crippen LogP contribution is -2.25. The van der Waals surface area contributed by atoms with Gasteiger partial charge < -0.3 is 19.7 Å². The Morgan fingerprint density at radius 1 is 1.11 bits per heavy atom. The van der Waals surface area contributed by atoms with Crippen LogP contribution in [0.3, 0.4) is 0 Å². The average molecular weight is 517 g/mol. The molecule has 0 aliphatic carbocycles. The Kier molecular flexibility index (Phi) is 7.14. The number of ether oxygens (including phenoxy) is 2. The molecule has 0 saturated heterocycles. The van der Waals surface area contributed by atoms with Crippen molar-refractivity contribution in [2.24, 2.45) is 0 Å². The molecule has 1 N–H and O–H groups in total. The first-order valence-electron chi connectivity index (χ1n) is 11.7. The van der Waals surface area contributed by atoms with E-state index < -0.39 is 0 Å². The van der Waals surface area contributed by atoms with Gasteiger partial charge in [0.25, 0.3) is 5.91 Å². The molecule has 9 nitrogen and oxygen atoms in total. The summed E-state index contributed by atoms with van der Waals surface area (Å²) in [6.07, 6.45) is 5.67. The van der Waals surface area contributed by atoms with Gasteiger partial charge in [-0.3, -0.25) is 14.8 Å². The lowest BCUT2D eigenvalue weighted by atomic mass is 10.2. The first kappa shape index (κ1) is 24.5. The Balaban J connectivity index is 1.40. The zero-order valence-corrected chi connectivity index (χ0v) is 21.2. The maximum Gasteiger partial charge on any atom is 0.258 e. The van der Waals surface area contributed by atoms with Gasteiger partial charge in [-0.15, -0.1) is 0 Å². The summed E-state index contributed by atoms with van der Waals surface area (Å²) in [4.78, 5) is 32.8. The van der Waals surface area contributed by atoms with Crippen LogP contribution in [-0.4, -0.2) is 39.5 Å². The molecule has 188 valence electrons. The van der Waals surface area contributed by atoms with E-state index in [1.165, 1.54) is 11.8 Å². The first-order chi connectivity index (χ1) is 18.0. The monoisotopic (exact) mass is 516 g/mol. The second kappa shape index (κ2) is 10.8. The number of nitrogens with zero attached hydrogens (tertiary/aromatic N) is 5. The maximum atomic E-state index is 13.1.